The maximum Gasteiger partial charge on any atom is 0.339 e. The van der Waals surface area contributed by atoms with Crippen molar-refractivity contribution in [2.45, 2.75) is 6.92 Å². The van der Waals surface area contributed by atoms with E-state index in [1.54, 1.807) is 6.92 Å². The lowest BCUT2D eigenvalue weighted by Gasteiger charge is -2.18. The Kier molecular flexibility index (Phi) is 10.1. The molecule has 15 heteroatoms. The van der Waals surface area contributed by atoms with Gasteiger partial charge in [-0.3, -0.25) is 14.8 Å². The molecule has 1 amide bonds. The van der Waals surface area contributed by atoms with Gasteiger partial charge < -0.3 is 36.5 Å². The number of hydrazine groups is 2. The summed E-state index contributed by atoms with van der Waals surface area (Å²) >= 11 is 0. The SMILES string of the molecule is CCNC(=O)c1cc(/C(N)=C/N(N)c2ccc(C(=O)O)c(OC)c2)nc(/C(N)=C/N(N)c2ccc(C(=O)O)c(OC)c2)c1. The number of carbonyl (C=O) groups is 3. The molecule has 0 saturated heterocycles. The van der Waals surface area contributed by atoms with Crippen LogP contribution in [-0.2, 0) is 0 Å². The van der Waals surface area contributed by atoms with Gasteiger partial charge in [0.1, 0.15) is 22.6 Å². The lowest BCUT2D eigenvalue weighted by Crippen LogP contribution is -2.27. The molecule has 0 unspecified atom stereocenters. The van der Waals surface area contributed by atoms with Crippen LogP contribution in [-0.4, -0.2) is 53.8 Å². The summed E-state index contributed by atoms with van der Waals surface area (Å²) in [5, 5.41) is 23.6. The van der Waals surface area contributed by atoms with Gasteiger partial charge in [-0.15, -0.1) is 0 Å². The number of amides is 1. The Balaban J connectivity index is 2.02. The van der Waals surface area contributed by atoms with Crippen LogP contribution in [0.2, 0.25) is 0 Å². The second kappa shape index (κ2) is 13.7. The van der Waals surface area contributed by atoms with Crippen LogP contribution in [0.3, 0.4) is 0 Å². The van der Waals surface area contributed by atoms with Gasteiger partial charge in [0.25, 0.3) is 5.91 Å². The molecule has 0 radical (unpaired) electrons. The van der Waals surface area contributed by atoms with Crippen molar-refractivity contribution >= 4 is 40.6 Å². The van der Waals surface area contributed by atoms with E-state index in [2.05, 4.69) is 10.3 Å². The van der Waals surface area contributed by atoms with E-state index < -0.39 is 17.8 Å². The molecule has 0 bridgehead atoms. The molecule has 3 rings (SSSR count). The maximum absolute atomic E-state index is 12.7. The van der Waals surface area contributed by atoms with E-state index >= 15 is 0 Å². The molecule has 0 atom stereocenters. The van der Waals surface area contributed by atoms with Crippen molar-refractivity contribution in [1.29, 1.82) is 0 Å². The Morgan fingerprint density at radius 3 is 1.58 bits per heavy atom. The number of aromatic carboxylic acids is 2. The standard InChI is InChI=1S/C28H32N8O7/c1-4-33-26(37)15-9-22(20(29)13-35(31)16-5-7-18(27(38)39)24(11-16)42-2)34-23(10-15)21(30)14-36(32)17-6-8-19(28(40)41)25(12-17)43-3/h5-14H,4,29-32H2,1-3H3,(H,33,37)(H,38,39)(H,40,41)/b20-13-,21-14-. The largest absolute Gasteiger partial charge is 0.496 e. The van der Waals surface area contributed by atoms with E-state index in [4.69, 9.17) is 32.6 Å². The topological polar surface area (TPSA) is 246 Å². The van der Waals surface area contributed by atoms with Crippen LogP contribution in [0.25, 0.3) is 11.4 Å². The van der Waals surface area contributed by atoms with E-state index in [0.717, 1.165) is 10.0 Å². The number of rotatable bonds is 12. The smallest absolute Gasteiger partial charge is 0.339 e. The zero-order valence-electron chi connectivity index (χ0n) is 23.6. The third-order valence-electron chi connectivity index (χ3n) is 6.00. The average molecular weight is 593 g/mol. The zero-order valence-corrected chi connectivity index (χ0v) is 23.6. The minimum atomic E-state index is -1.17. The number of nitrogens with zero attached hydrogens (tertiary/aromatic N) is 3. The first kappa shape index (κ1) is 31.7. The summed E-state index contributed by atoms with van der Waals surface area (Å²) in [4.78, 5) is 40.0. The second-order valence-electron chi connectivity index (χ2n) is 8.85. The van der Waals surface area contributed by atoms with Crippen molar-refractivity contribution in [1.82, 2.24) is 10.3 Å². The highest BCUT2D eigenvalue weighted by Gasteiger charge is 2.17. The minimum absolute atomic E-state index is 0.0441. The van der Waals surface area contributed by atoms with Crippen molar-refractivity contribution in [3.8, 4) is 11.5 Å². The van der Waals surface area contributed by atoms with Crippen LogP contribution in [0.1, 0.15) is 49.4 Å². The summed E-state index contributed by atoms with van der Waals surface area (Å²) in [7, 11) is 2.66. The predicted molar refractivity (Wildman–Crippen MR) is 160 cm³/mol. The van der Waals surface area contributed by atoms with E-state index in [0.29, 0.717) is 17.9 Å². The van der Waals surface area contributed by atoms with Crippen molar-refractivity contribution in [2.75, 3.05) is 30.8 Å². The summed E-state index contributed by atoms with van der Waals surface area (Å²) in [6, 6.07) is 11.3. The summed E-state index contributed by atoms with van der Waals surface area (Å²) in [6.07, 6.45) is 2.66. The van der Waals surface area contributed by atoms with Crippen molar-refractivity contribution in [3.63, 3.8) is 0 Å². The molecule has 0 aliphatic heterocycles. The van der Waals surface area contributed by atoms with Crippen LogP contribution < -0.4 is 48.0 Å². The van der Waals surface area contributed by atoms with Crippen LogP contribution in [0.15, 0.2) is 60.9 Å². The number of carboxylic acids is 2. The number of hydrogen-bond donors (Lipinski definition) is 7. The van der Waals surface area contributed by atoms with Gasteiger partial charge in [0.2, 0.25) is 0 Å². The van der Waals surface area contributed by atoms with Gasteiger partial charge in [-0.25, -0.2) is 26.3 Å². The van der Waals surface area contributed by atoms with E-state index in [-0.39, 0.29) is 51.0 Å². The van der Waals surface area contributed by atoms with Gasteiger partial charge in [-0.2, -0.15) is 0 Å². The van der Waals surface area contributed by atoms with Gasteiger partial charge >= 0.3 is 11.9 Å². The average Bonchev–Trinajstić information content (AvgIpc) is 2.99. The highest BCUT2D eigenvalue weighted by Crippen LogP contribution is 2.27. The number of ether oxygens (including phenoxy) is 2. The Labute approximate surface area is 246 Å². The molecule has 1 aromatic heterocycles. The van der Waals surface area contributed by atoms with E-state index in [9.17, 15) is 24.6 Å². The van der Waals surface area contributed by atoms with E-state index in [1.165, 1.54) is 75.2 Å². The van der Waals surface area contributed by atoms with Gasteiger partial charge in [0.05, 0.1) is 48.4 Å². The number of nitrogens with one attached hydrogen (secondary N) is 1. The molecule has 15 nitrogen and oxygen atoms in total. The highest BCUT2D eigenvalue weighted by atomic mass is 16.5. The van der Waals surface area contributed by atoms with Crippen LogP contribution in [0, 0.1) is 0 Å². The first-order valence-electron chi connectivity index (χ1n) is 12.6. The summed E-state index contributed by atoms with van der Waals surface area (Å²) in [5.74, 6) is 9.77. The third kappa shape index (κ3) is 7.49. The van der Waals surface area contributed by atoms with Crippen molar-refractivity contribution in [3.05, 3.63) is 89.0 Å². The molecular weight excluding hydrogens is 560 g/mol. The van der Waals surface area contributed by atoms with Gasteiger partial charge in [0.15, 0.2) is 0 Å². The molecular formula is C28H32N8O7. The molecule has 3 aromatic rings. The predicted octanol–water partition coefficient (Wildman–Crippen LogP) is 1.52. The van der Waals surface area contributed by atoms with Crippen LogP contribution in [0.5, 0.6) is 11.5 Å². The molecule has 1 heterocycles. The summed E-state index contributed by atoms with van der Waals surface area (Å²) < 4.78 is 10.3. The zero-order chi connectivity index (χ0) is 31.8. The molecule has 0 fully saturated rings. The summed E-state index contributed by atoms with van der Waals surface area (Å²) in [5.41, 5.74) is 13.8. The normalized spacial score (nSPS) is 11.5. The minimum Gasteiger partial charge on any atom is -0.496 e. The summed E-state index contributed by atoms with van der Waals surface area (Å²) in [6.45, 7) is 2.12. The fraction of sp³-hybridized carbons (Fsp3) is 0.143. The number of benzene rings is 2. The number of nitrogens with two attached hydrogens (primary N) is 4. The van der Waals surface area contributed by atoms with Crippen molar-refractivity contribution in [2.24, 2.45) is 23.2 Å². The first-order chi connectivity index (χ1) is 20.4. The molecule has 0 saturated carbocycles. The molecule has 0 spiro atoms. The van der Waals surface area contributed by atoms with E-state index in [1.807, 2.05) is 0 Å². The molecule has 226 valence electrons. The van der Waals surface area contributed by atoms with Crippen molar-refractivity contribution < 1.29 is 34.1 Å². The number of pyridine rings is 1. The first-order valence-corrected chi connectivity index (χ1v) is 12.6. The molecule has 43 heavy (non-hydrogen) atoms. The second-order valence-corrected chi connectivity index (χ2v) is 8.85. The highest BCUT2D eigenvalue weighted by molar-refractivity contribution is 5.96. The quantitative estimate of drug-likeness (QED) is 0.116. The molecule has 11 N–H and O–H groups in total. The molecule has 0 aliphatic rings. The maximum atomic E-state index is 12.7. The number of methoxy groups -OCH3 is 2. The Hall–Kier alpha value is -5.80. The number of hydrogen-bond acceptors (Lipinski definition) is 12. The van der Waals surface area contributed by atoms with Crippen LogP contribution >= 0.6 is 0 Å². The lowest BCUT2D eigenvalue weighted by molar-refractivity contribution is 0.0682. The third-order valence-corrected chi connectivity index (χ3v) is 6.00. The Morgan fingerprint density at radius 1 is 0.814 bits per heavy atom. The number of anilines is 2. The lowest BCUT2D eigenvalue weighted by atomic mass is 10.1. The van der Waals surface area contributed by atoms with Crippen LogP contribution in [0.4, 0.5) is 11.4 Å². The Morgan fingerprint density at radius 2 is 1.23 bits per heavy atom. The van der Waals surface area contributed by atoms with Gasteiger partial charge in [-0.1, -0.05) is 0 Å². The monoisotopic (exact) mass is 592 g/mol. The molecule has 0 aliphatic carbocycles. The van der Waals surface area contributed by atoms with Gasteiger partial charge in [-0.05, 0) is 43.3 Å². The number of carbonyl (C=O) groups excluding carboxylic acids is 1. The van der Waals surface area contributed by atoms with Gasteiger partial charge in [0, 0.05) is 36.6 Å². The fourth-order valence-corrected chi connectivity index (χ4v) is 3.84. The number of aromatic nitrogens is 1. The Bertz CT molecular complexity index is 1500. The molecule has 2 aromatic carbocycles. The number of carboxylic acid groups (broad SMARTS) is 2. The fourth-order valence-electron chi connectivity index (χ4n) is 3.84.